The van der Waals surface area contributed by atoms with Gasteiger partial charge < -0.3 is 19.6 Å². The van der Waals surface area contributed by atoms with Gasteiger partial charge in [0.05, 0.1) is 12.3 Å². The van der Waals surface area contributed by atoms with Gasteiger partial charge in [0.1, 0.15) is 12.4 Å². The zero-order valence-corrected chi connectivity index (χ0v) is 16.5. The first kappa shape index (κ1) is 20.1. The minimum atomic E-state index is -0.637. The zero-order chi connectivity index (χ0) is 20.8. The number of nitrogens with one attached hydrogen (secondary N) is 1. The quantitative estimate of drug-likeness (QED) is 0.586. The lowest BCUT2D eigenvalue weighted by Crippen LogP contribution is -2.42. The highest BCUT2D eigenvalue weighted by Crippen LogP contribution is 2.24. The normalized spacial score (nSPS) is 14.7. The summed E-state index contributed by atoms with van der Waals surface area (Å²) in [6.45, 7) is 2.65. The molecule has 1 aliphatic rings. The molecule has 1 amide bonds. The van der Waals surface area contributed by atoms with Crippen molar-refractivity contribution >= 4 is 5.91 Å². The number of aliphatic hydroxyl groups is 1. The molecular formula is C22H24N4O4. The molecule has 2 aromatic heterocycles. The largest absolute Gasteiger partial charge is 0.486 e. The number of pyridine rings is 1. The Morgan fingerprint density at radius 1 is 1.23 bits per heavy atom. The predicted molar refractivity (Wildman–Crippen MR) is 109 cm³/mol. The monoisotopic (exact) mass is 408 g/mol. The van der Waals surface area contributed by atoms with Crippen LogP contribution in [0, 0.1) is 0 Å². The highest BCUT2D eigenvalue weighted by Gasteiger charge is 2.20. The molecule has 30 heavy (non-hydrogen) atoms. The number of aliphatic hydroxyl groups excluding tert-OH is 1. The van der Waals surface area contributed by atoms with Crippen molar-refractivity contribution in [1.29, 1.82) is 0 Å². The van der Waals surface area contributed by atoms with E-state index in [1.165, 1.54) is 17.5 Å². The van der Waals surface area contributed by atoms with Gasteiger partial charge in [-0.15, -0.1) is 0 Å². The Kier molecular flexibility index (Phi) is 6.36. The summed E-state index contributed by atoms with van der Waals surface area (Å²) in [7, 11) is 0. The number of amides is 1. The van der Waals surface area contributed by atoms with E-state index in [1.54, 1.807) is 30.7 Å². The number of benzene rings is 1. The molecular weight excluding hydrogens is 384 g/mol. The van der Waals surface area contributed by atoms with Crippen LogP contribution in [0.25, 0.3) is 0 Å². The third kappa shape index (κ3) is 5.22. The first-order chi connectivity index (χ1) is 14.7. The molecule has 0 saturated carbocycles. The van der Waals surface area contributed by atoms with Crippen molar-refractivity contribution in [2.24, 2.45) is 0 Å². The number of rotatable bonds is 8. The topological polar surface area (TPSA) is 101 Å². The van der Waals surface area contributed by atoms with E-state index in [4.69, 9.17) is 9.15 Å². The third-order valence-electron chi connectivity index (χ3n) is 5.04. The molecule has 1 atom stereocenters. The van der Waals surface area contributed by atoms with Crippen molar-refractivity contribution in [3.05, 3.63) is 77.8 Å². The fraction of sp³-hybridized carbons (Fsp3) is 0.318. The van der Waals surface area contributed by atoms with Crippen LogP contribution in [-0.2, 0) is 19.6 Å². The highest BCUT2D eigenvalue weighted by molar-refractivity contribution is 5.93. The Bertz CT molecular complexity index is 963. The summed E-state index contributed by atoms with van der Waals surface area (Å²) in [5, 5.41) is 13.1. The van der Waals surface area contributed by atoms with Crippen LogP contribution < -0.4 is 10.1 Å². The molecule has 4 rings (SSSR count). The van der Waals surface area contributed by atoms with Crippen LogP contribution in [0.5, 0.6) is 5.75 Å². The van der Waals surface area contributed by atoms with Crippen molar-refractivity contribution in [3.8, 4) is 5.75 Å². The van der Waals surface area contributed by atoms with Crippen LogP contribution >= 0.6 is 0 Å². The van der Waals surface area contributed by atoms with Gasteiger partial charge in [-0.1, -0.05) is 6.07 Å². The number of aromatic nitrogens is 2. The molecule has 1 aromatic carbocycles. The standard InChI is InChI=1S/C22H24N4O4/c27-19(10-25-22(28)16-3-6-23-7-4-16)13-26-8-5-17-9-20(2-1-18(17)12-26)29-14-21-11-24-15-30-21/h1-4,6-7,9,11,15,19,27H,5,8,10,12-14H2,(H,25,28)/t19-/m0/s1. The summed E-state index contributed by atoms with van der Waals surface area (Å²) < 4.78 is 11.0. The number of β-amino-alcohol motifs (C(OH)–C–C–N with tert-alkyl or cyclic N) is 1. The van der Waals surface area contributed by atoms with E-state index < -0.39 is 6.10 Å². The Morgan fingerprint density at radius 3 is 2.90 bits per heavy atom. The molecule has 0 bridgehead atoms. The van der Waals surface area contributed by atoms with E-state index in [0.717, 1.165) is 25.3 Å². The van der Waals surface area contributed by atoms with Crippen LogP contribution in [0.3, 0.4) is 0 Å². The number of oxazole rings is 1. The fourth-order valence-corrected chi connectivity index (χ4v) is 3.48. The predicted octanol–water partition coefficient (Wildman–Crippen LogP) is 1.80. The lowest BCUT2D eigenvalue weighted by Gasteiger charge is -2.30. The zero-order valence-electron chi connectivity index (χ0n) is 16.5. The average molecular weight is 408 g/mol. The van der Waals surface area contributed by atoms with Gasteiger partial charge >= 0.3 is 0 Å². The molecule has 0 fully saturated rings. The van der Waals surface area contributed by atoms with Crippen LogP contribution in [0.15, 0.2) is 59.7 Å². The molecule has 8 heteroatoms. The first-order valence-electron chi connectivity index (χ1n) is 9.88. The Balaban J connectivity index is 1.25. The second kappa shape index (κ2) is 9.51. The summed E-state index contributed by atoms with van der Waals surface area (Å²) >= 11 is 0. The lowest BCUT2D eigenvalue weighted by molar-refractivity contribution is 0.0841. The molecule has 2 N–H and O–H groups in total. The van der Waals surface area contributed by atoms with Gasteiger partial charge in [-0.2, -0.15) is 0 Å². The summed E-state index contributed by atoms with van der Waals surface area (Å²) in [5.74, 6) is 1.28. The van der Waals surface area contributed by atoms with Crippen LogP contribution in [0.4, 0.5) is 0 Å². The van der Waals surface area contributed by atoms with Crippen molar-refractivity contribution in [3.63, 3.8) is 0 Å². The molecule has 3 aromatic rings. The van der Waals surface area contributed by atoms with Gasteiger partial charge in [0, 0.05) is 44.1 Å². The number of carbonyl (C=O) groups excluding carboxylic acids is 1. The minimum Gasteiger partial charge on any atom is -0.486 e. The van der Waals surface area contributed by atoms with E-state index >= 15 is 0 Å². The number of nitrogens with zero attached hydrogens (tertiary/aromatic N) is 3. The molecule has 0 saturated heterocycles. The van der Waals surface area contributed by atoms with Crippen LogP contribution in [0.1, 0.15) is 27.2 Å². The first-order valence-corrected chi connectivity index (χ1v) is 9.88. The molecule has 0 aliphatic carbocycles. The summed E-state index contributed by atoms with van der Waals surface area (Å²) in [5.41, 5.74) is 3.01. The van der Waals surface area contributed by atoms with Crippen molar-refractivity contribution in [2.45, 2.75) is 25.7 Å². The molecule has 0 spiro atoms. The summed E-state index contributed by atoms with van der Waals surface area (Å²) in [6.07, 6.45) is 6.41. The number of hydrogen-bond donors (Lipinski definition) is 2. The second-order valence-electron chi connectivity index (χ2n) is 7.27. The van der Waals surface area contributed by atoms with Crippen LogP contribution in [0.2, 0.25) is 0 Å². The molecule has 0 radical (unpaired) electrons. The van der Waals surface area contributed by atoms with Crippen molar-refractivity contribution in [1.82, 2.24) is 20.2 Å². The molecule has 0 unspecified atom stereocenters. The van der Waals surface area contributed by atoms with E-state index in [2.05, 4.69) is 32.3 Å². The maximum atomic E-state index is 12.1. The molecule has 8 nitrogen and oxygen atoms in total. The lowest BCUT2D eigenvalue weighted by atomic mass is 9.99. The number of fused-ring (bicyclic) bond motifs is 1. The fourth-order valence-electron chi connectivity index (χ4n) is 3.48. The molecule has 1 aliphatic heterocycles. The molecule has 156 valence electrons. The Labute approximate surface area is 174 Å². The van der Waals surface area contributed by atoms with E-state index in [0.29, 0.717) is 24.5 Å². The Morgan fingerprint density at radius 2 is 2.10 bits per heavy atom. The van der Waals surface area contributed by atoms with Crippen molar-refractivity contribution in [2.75, 3.05) is 19.6 Å². The minimum absolute atomic E-state index is 0.207. The van der Waals surface area contributed by atoms with E-state index in [-0.39, 0.29) is 12.5 Å². The van der Waals surface area contributed by atoms with Gasteiger partial charge in [-0.05, 0) is 41.8 Å². The highest BCUT2D eigenvalue weighted by atomic mass is 16.5. The number of hydrogen-bond acceptors (Lipinski definition) is 7. The van der Waals surface area contributed by atoms with E-state index in [9.17, 15) is 9.90 Å². The SMILES string of the molecule is O=C(NC[C@H](O)CN1CCc2cc(OCc3cnco3)ccc2C1)c1ccncc1. The third-order valence-corrected chi connectivity index (χ3v) is 5.04. The van der Waals surface area contributed by atoms with Gasteiger partial charge in [0.2, 0.25) is 0 Å². The summed E-state index contributed by atoms with van der Waals surface area (Å²) in [6, 6.07) is 9.37. The maximum absolute atomic E-state index is 12.1. The second-order valence-corrected chi connectivity index (χ2v) is 7.27. The van der Waals surface area contributed by atoms with Gasteiger partial charge in [-0.25, -0.2) is 4.98 Å². The van der Waals surface area contributed by atoms with Gasteiger partial charge in [0.15, 0.2) is 12.2 Å². The summed E-state index contributed by atoms with van der Waals surface area (Å²) in [4.78, 5) is 22.0. The van der Waals surface area contributed by atoms with Crippen LogP contribution in [-0.4, -0.2) is 51.6 Å². The van der Waals surface area contributed by atoms with E-state index in [1.807, 2.05) is 6.07 Å². The smallest absolute Gasteiger partial charge is 0.251 e. The van der Waals surface area contributed by atoms with Crippen molar-refractivity contribution < 1.29 is 19.1 Å². The number of ether oxygens (including phenoxy) is 1. The number of carbonyl (C=O) groups is 1. The van der Waals surface area contributed by atoms with Gasteiger partial charge in [0.25, 0.3) is 5.91 Å². The maximum Gasteiger partial charge on any atom is 0.251 e. The molecule has 3 heterocycles. The average Bonchev–Trinajstić information content (AvgIpc) is 3.30. The van der Waals surface area contributed by atoms with Gasteiger partial charge in [-0.3, -0.25) is 14.7 Å². The Hall–Kier alpha value is -3.23.